The molecule has 1 aliphatic carbocycles. The van der Waals surface area contributed by atoms with Crippen molar-refractivity contribution in [3.63, 3.8) is 0 Å². The Hall–Kier alpha value is -2.88. The lowest BCUT2D eigenvalue weighted by molar-refractivity contribution is -0.125. The van der Waals surface area contributed by atoms with Crippen molar-refractivity contribution in [2.75, 3.05) is 6.61 Å². The minimum absolute atomic E-state index is 0.131. The van der Waals surface area contributed by atoms with Gasteiger partial charge in [-0.3, -0.25) is 4.79 Å². The van der Waals surface area contributed by atoms with Crippen molar-refractivity contribution in [1.82, 2.24) is 15.5 Å². The number of rotatable bonds is 5. The van der Waals surface area contributed by atoms with Gasteiger partial charge < -0.3 is 14.6 Å². The number of carbonyl (C=O) groups excluding carboxylic acids is 1. The molecule has 0 saturated heterocycles. The van der Waals surface area contributed by atoms with Crippen LogP contribution in [-0.2, 0) is 10.3 Å². The number of aromatic nitrogens is 2. The number of nitrogens with one attached hydrogen (secondary N) is 1. The molecule has 2 aromatic rings. The molecule has 7 nitrogen and oxygen atoms in total. The summed E-state index contributed by atoms with van der Waals surface area (Å²) in [6.45, 7) is 1.60. The zero-order valence-corrected chi connectivity index (χ0v) is 14.1. The van der Waals surface area contributed by atoms with Gasteiger partial charge in [-0.15, -0.1) is 0 Å². The molecule has 0 aliphatic heterocycles. The molecule has 1 N–H and O–H groups in total. The molecule has 1 fully saturated rings. The van der Waals surface area contributed by atoms with E-state index < -0.39 is 5.54 Å². The Morgan fingerprint density at radius 2 is 2.20 bits per heavy atom. The van der Waals surface area contributed by atoms with E-state index in [0.29, 0.717) is 23.0 Å². The van der Waals surface area contributed by atoms with Crippen molar-refractivity contribution in [3.05, 3.63) is 41.5 Å². The van der Waals surface area contributed by atoms with E-state index in [-0.39, 0.29) is 12.5 Å². The first-order valence-corrected chi connectivity index (χ1v) is 8.36. The lowest BCUT2D eigenvalue weighted by atomic mass is 9.81. The van der Waals surface area contributed by atoms with E-state index >= 15 is 0 Å². The van der Waals surface area contributed by atoms with Crippen molar-refractivity contribution in [3.8, 4) is 11.8 Å². The van der Waals surface area contributed by atoms with Crippen LogP contribution in [-0.4, -0.2) is 22.7 Å². The molecule has 0 spiro atoms. The summed E-state index contributed by atoms with van der Waals surface area (Å²) in [5, 5.41) is 16.0. The zero-order valence-electron chi connectivity index (χ0n) is 14.1. The molecule has 0 unspecified atom stereocenters. The molecular formula is C18H20N4O3. The highest BCUT2D eigenvalue weighted by Gasteiger charge is 2.39. The summed E-state index contributed by atoms with van der Waals surface area (Å²) in [6, 6.07) is 8.76. The molecule has 1 heterocycles. The van der Waals surface area contributed by atoms with E-state index in [4.69, 9.17) is 14.5 Å². The van der Waals surface area contributed by atoms with E-state index in [1.807, 2.05) is 6.07 Å². The maximum Gasteiger partial charge on any atom is 0.258 e. The van der Waals surface area contributed by atoms with Crippen LogP contribution in [0.3, 0.4) is 0 Å². The number of ether oxygens (including phenoxy) is 1. The summed E-state index contributed by atoms with van der Waals surface area (Å²) in [4.78, 5) is 16.8. The van der Waals surface area contributed by atoms with Crippen molar-refractivity contribution in [1.29, 1.82) is 5.26 Å². The third-order valence-corrected chi connectivity index (χ3v) is 4.37. The monoisotopic (exact) mass is 340 g/mol. The van der Waals surface area contributed by atoms with Gasteiger partial charge in [0.1, 0.15) is 11.3 Å². The van der Waals surface area contributed by atoms with Crippen LogP contribution in [0.4, 0.5) is 0 Å². The molecule has 0 atom stereocenters. The van der Waals surface area contributed by atoms with Gasteiger partial charge in [-0.1, -0.05) is 30.5 Å². The van der Waals surface area contributed by atoms with Crippen molar-refractivity contribution < 1.29 is 14.1 Å². The van der Waals surface area contributed by atoms with Crippen LogP contribution in [0, 0.1) is 18.3 Å². The van der Waals surface area contributed by atoms with Crippen molar-refractivity contribution >= 4 is 5.91 Å². The number of amides is 1. The maximum absolute atomic E-state index is 12.4. The SMILES string of the molecule is Cc1nc(C2(NC(=O)COc3cccc(C#N)c3)CCCCC2)no1. The maximum atomic E-state index is 12.4. The molecule has 1 amide bonds. The Labute approximate surface area is 146 Å². The van der Waals surface area contributed by atoms with Gasteiger partial charge in [-0.25, -0.2) is 0 Å². The summed E-state index contributed by atoms with van der Waals surface area (Å²) < 4.78 is 10.6. The molecule has 0 radical (unpaired) electrons. The highest BCUT2D eigenvalue weighted by molar-refractivity contribution is 5.78. The lowest BCUT2D eigenvalue weighted by Gasteiger charge is -2.35. The van der Waals surface area contributed by atoms with E-state index in [1.165, 1.54) is 0 Å². The molecule has 0 bridgehead atoms. The number of benzene rings is 1. The van der Waals surface area contributed by atoms with Gasteiger partial charge in [0.15, 0.2) is 12.4 Å². The van der Waals surface area contributed by atoms with Crippen LogP contribution in [0.5, 0.6) is 5.75 Å². The number of hydrogen-bond donors (Lipinski definition) is 1. The highest BCUT2D eigenvalue weighted by atomic mass is 16.5. The second-order valence-corrected chi connectivity index (χ2v) is 6.26. The number of nitrogens with zero attached hydrogens (tertiary/aromatic N) is 3. The Kier molecular flexibility index (Phi) is 4.98. The fourth-order valence-electron chi connectivity index (χ4n) is 3.16. The first kappa shape index (κ1) is 17.0. The normalized spacial score (nSPS) is 16.0. The van der Waals surface area contributed by atoms with Crippen LogP contribution in [0.1, 0.15) is 49.4 Å². The number of carbonyl (C=O) groups is 1. The molecular weight excluding hydrogens is 320 g/mol. The molecule has 1 aromatic carbocycles. The van der Waals surface area contributed by atoms with Gasteiger partial charge in [0.25, 0.3) is 5.91 Å². The van der Waals surface area contributed by atoms with Gasteiger partial charge in [0.2, 0.25) is 5.89 Å². The minimum atomic E-state index is -0.592. The average Bonchev–Trinajstić information content (AvgIpc) is 3.08. The van der Waals surface area contributed by atoms with Gasteiger partial charge in [-0.2, -0.15) is 10.2 Å². The van der Waals surface area contributed by atoms with Gasteiger partial charge in [-0.05, 0) is 31.0 Å². The van der Waals surface area contributed by atoms with E-state index in [1.54, 1.807) is 31.2 Å². The lowest BCUT2D eigenvalue weighted by Crippen LogP contribution is -2.49. The van der Waals surface area contributed by atoms with Gasteiger partial charge >= 0.3 is 0 Å². The fourth-order valence-corrected chi connectivity index (χ4v) is 3.16. The van der Waals surface area contributed by atoms with Crippen LogP contribution in [0.25, 0.3) is 0 Å². The second-order valence-electron chi connectivity index (χ2n) is 6.26. The first-order chi connectivity index (χ1) is 12.1. The minimum Gasteiger partial charge on any atom is -0.484 e. The smallest absolute Gasteiger partial charge is 0.258 e. The second kappa shape index (κ2) is 7.34. The topological polar surface area (TPSA) is 101 Å². The Bertz CT molecular complexity index is 788. The Balaban J connectivity index is 1.67. The predicted molar refractivity (Wildman–Crippen MR) is 88.6 cm³/mol. The standard InChI is InChI=1S/C18H20N4O3/c1-13-20-17(22-25-13)18(8-3-2-4-9-18)21-16(23)12-24-15-7-5-6-14(10-15)11-19/h5-7,10H,2-4,8-9,12H2,1H3,(H,21,23). The van der Waals surface area contributed by atoms with Crippen LogP contribution in [0.2, 0.25) is 0 Å². The molecule has 7 heteroatoms. The summed E-state index contributed by atoms with van der Waals surface area (Å²) >= 11 is 0. The molecule has 1 aliphatic rings. The highest BCUT2D eigenvalue weighted by Crippen LogP contribution is 2.35. The molecule has 3 rings (SSSR count). The van der Waals surface area contributed by atoms with E-state index in [2.05, 4.69) is 15.5 Å². The zero-order chi connectivity index (χ0) is 17.7. The summed E-state index contributed by atoms with van der Waals surface area (Å²) in [5.41, 5.74) is -0.103. The first-order valence-electron chi connectivity index (χ1n) is 8.36. The number of nitriles is 1. The summed E-state index contributed by atoms with van der Waals surface area (Å²) in [5.74, 6) is 1.26. The third kappa shape index (κ3) is 3.97. The van der Waals surface area contributed by atoms with Gasteiger partial charge in [0.05, 0.1) is 11.6 Å². The van der Waals surface area contributed by atoms with Crippen molar-refractivity contribution in [2.24, 2.45) is 0 Å². The van der Waals surface area contributed by atoms with Gasteiger partial charge in [0, 0.05) is 6.92 Å². The van der Waals surface area contributed by atoms with Crippen LogP contribution in [0.15, 0.2) is 28.8 Å². The summed E-state index contributed by atoms with van der Waals surface area (Å²) in [6.07, 6.45) is 4.69. The largest absolute Gasteiger partial charge is 0.484 e. The Morgan fingerprint density at radius 1 is 1.40 bits per heavy atom. The third-order valence-electron chi connectivity index (χ3n) is 4.37. The predicted octanol–water partition coefficient (Wildman–Crippen LogP) is 2.60. The van der Waals surface area contributed by atoms with Crippen molar-refractivity contribution in [2.45, 2.75) is 44.6 Å². The summed E-state index contributed by atoms with van der Waals surface area (Å²) in [7, 11) is 0. The average molecular weight is 340 g/mol. The molecule has 1 aromatic heterocycles. The molecule has 1 saturated carbocycles. The molecule has 130 valence electrons. The van der Waals surface area contributed by atoms with Crippen LogP contribution < -0.4 is 10.1 Å². The Morgan fingerprint density at radius 3 is 2.88 bits per heavy atom. The quantitative estimate of drug-likeness (QED) is 0.898. The fraction of sp³-hybridized carbons (Fsp3) is 0.444. The van der Waals surface area contributed by atoms with E-state index in [0.717, 1.165) is 32.1 Å². The number of hydrogen-bond acceptors (Lipinski definition) is 6. The van der Waals surface area contributed by atoms with E-state index in [9.17, 15) is 4.79 Å². The molecule has 25 heavy (non-hydrogen) atoms. The number of aryl methyl sites for hydroxylation is 1. The van der Waals surface area contributed by atoms with Crippen LogP contribution >= 0.6 is 0 Å².